The average Bonchev–Trinajstić information content (AvgIpc) is 3.46. The molecule has 24 heavy (non-hydrogen) atoms. The number of hydrogen-bond acceptors (Lipinski definition) is 3. The highest BCUT2D eigenvalue weighted by Gasteiger charge is 2.36. The molecule has 1 amide bonds. The first-order valence-corrected chi connectivity index (χ1v) is 9.02. The number of aromatic nitrogens is 2. The summed E-state index contributed by atoms with van der Waals surface area (Å²) in [5.41, 5.74) is 0.139. The number of aromatic amines is 1. The number of nitrogens with zero attached hydrogens (tertiary/aromatic N) is 2. The Kier molecular flexibility index (Phi) is 4.08. The van der Waals surface area contributed by atoms with Crippen LogP contribution in [-0.2, 0) is 0 Å². The van der Waals surface area contributed by atoms with Crippen LogP contribution in [-0.4, -0.2) is 33.6 Å². The highest BCUT2D eigenvalue weighted by atomic mass is 16.2. The second-order valence-corrected chi connectivity index (χ2v) is 7.14. The van der Waals surface area contributed by atoms with E-state index in [1.807, 2.05) is 23.1 Å². The van der Waals surface area contributed by atoms with Crippen LogP contribution >= 0.6 is 0 Å². The smallest absolute Gasteiger partial charge is 0.275 e. The Hall–Kier alpha value is -2.17. The summed E-state index contributed by atoms with van der Waals surface area (Å²) in [5, 5.41) is 7.78. The molecule has 126 valence electrons. The molecule has 1 aromatic heterocycles. The first kappa shape index (κ1) is 15.4. The normalized spacial score (nSPS) is 18.7. The van der Waals surface area contributed by atoms with Gasteiger partial charge in [-0.3, -0.25) is 9.59 Å². The van der Waals surface area contributed by atoms with Gasteiger partial charge in [-0.05, 0) is 37.7 Å². The van der Waals surface area contributed by atoms with Gasteiger partial charge in [0.15, 0.2) is 5.69 Å². The van der Waals surface area contributed by atoms with Gasteiger partial charge in [-0.15, -0.1) is 0 Å². The Balaban J connectivity index is 1.65. The van der Waals surface area contributed by atoms with Crippen LogP contribution in [0.2, 0.25) is 0 Å². The summed E-state index contributed by atoms with van der Waals surface area (Å²) in [4.78, 5) is 27.1. The second-order valence-electron chi connectivity index (χ2n) is 7.14. The Bertz CT molecular complexity index is 804. The van der Waals surface area contributed by atoms with Gasteiger partial charge in [-0.2, -0.15) is 5.10 Å². The SMILES string of the molecule is O=C(c1n[nH]c(=O)c2ccccc12)N(CC1CCCCC1)C1CC1. The summed E-state index contributed by atoms with van der Waals surface area (Å²) >= 11 is 0. The maximum absolute atomic E-state index is 13.2. The molecule has 0 saturated heterocycles. The number of hydrogen-bond donors (Lipinski definition) is 1. The van der Waals surface area contributed by atoms with E-state index in [0.29, 0.717) is 28.4 Å². The highest BCUT2D eigenvalue weighted by molar-refractivity contribution is 6.04. The number of carbonyl (C=O) groups excluding carboxylic acids is 1. The van der Waals surface area contributed by atoms with Crippen LogP contribution in [0.3, 0.4) is 0 Å². The molecular formula is C19H23N3O2. The van der Waals surface area contributed by atoms with E-state index in [4.69, 9.17) is 0 Å². The van der Waals surface area contributed by atoms with Crippen molar-refractivity contribution < 1.29 is 4.79 Å². The molecular weight excluding hydrogens is 302 g/mol. The van der Waals surface area contributed by atoms with E-state index in [1.165, 1.54) is 32.1 Å². The Morgan fingerprint density at radius 3 is 2.50 bits per heavy atom. The van der Waals surface area contributed by atoms with Crippen molar-refractivity contribution in [1.29, 1.82) is 0 Å². The molecule has 4 rings (SSSR count). The fourth-order valence-corrected chi connectivity index (χ4v) is 3.85. The van der Waals surface area contributed by atoms with Gasteiger partial charge >= 0.3 is 0 Å². The molecule has 2 aliphatic carbocycles. The van der Waals surface area contributed by atoms with Gasteiger partial charge in [0.05, 0.1) is 5.39 Å². The van der Waals surface area contributed by atoms with Gasteiger partial charge in [0.25, 0.3) is 11.5 Å². The summed E-state index contributed by atoms with van der Waals surface area (Å²) in [6.07, 6.45) is 8.47. The van der Waals surface area contributed by atoms with Crippen molar-refractivity contribution in [1.82, 2.24) is 15.1 Å². The van der Waals surface area contributed by atoms with E-state index in [2.05, 4.69) is 10.2 Å². The van der Waals surface area contributed by atoms with Crippen molar-refractivity contribution in [3.63, 3.8) is 0 Å². The Morgan fingerprint density at radius 2 is 1.79 bits per heavy atom. The zero-order chi connectivity index (χ0) is 16.5. The molecule has 0 atom stereocenters. The van der Waals surface area contributed by atoms with Crippen molar-refractivity contribution in [2.75, 3.05) is 6.54 Å². The Labute approximate surface area is 141 Å². The standard InChI is InChI=1S/C19H23N3O2/c23-18-16-9-5-4-8-15(16)17(20-21-18)19(24)22(14-10-11-14)12-13-6-2-1-3-7-13/h4-5,8-9,13-14H,1-3,6-7,10-12H2,(H,21,23). The third-order valence-electron chi connectivity index (χ3n) is 5.33. The van der Waals surface area contributed by atoms with Gasteiger partial charge in [0, 0.05) is 18.0 Å². The minimum Gasteiger partial charge on any atom is -0.334 e. The minimum atomic E-state index is -0.243. The zero-order valence-corrected chi connectivity index (χ0v) is 13.8. The van der Waals surface area contributed by atoms with Gasteiger partial charge in [-0.1, -0.05) is 37.5 Å². The van der Waals surface area contributed by atoms with Crippen molar-refractivity contribution in [2.45, 2.75) is 51.0 Å². The van der Waals surface area contributed by atoms with E-state index < -0.39 is 0 Å². The molecule has 5 nitrogen and oxygen atoms in total. The van der Waals surface area contributed by atoms with Gasteiger partial charge in [-0.25, -0.2) is 5.10 Å². The molecule has 1 aromatic carbocycles. The van der Waals surface area contributed by atoms with E-state index >= 15 is 0 Å². The maximum Gasteiger partial charge on any atom is 0.275 e. The number of nitrogens with one attached hydrogen (secondary N) is 1. The van der Waals surface area contributed by atoms with Crippen molar-refractivity contribution in [2.24, 2.45) is 5.92 Å². The topological polar surface area (TPSA) is 66.1 Å². The predicted octanol–water partition coefficient (Wildman–Crippen LogP) is 3.11. The highest BCUT2D eigenvalue weighted by Crippen LogP contribution is 2.32. The molecule has 0 aliphatic heterocycles. The van der Waals surface area contributed by atoms with E-state index in [1.54, 1.807) is 6.07 Å². The first-order chi connectivity index (χ1) is 11.7. The van der Waals surface area contributed by atoms with E-state index in [0.717, 1.165) is 19.4 Å². The summed E-state index contributed by atoms with van der Waals surface area (Å²) in [5.74, 6) is 0.577. The fourth-order valence-electron chi connectivity index (χ4n) is 3.85. The second kappa shape index (κ2) is 6.38. The lowest BCUT2D eigenvalue weighted by molar-refractivity contribution is 0.0694. The molecule has 1 N–H and O–H groups in total. The zero-order valence-electron chi connectivity index (χ0n) is 13.8. The van der Waals surface area contributed by atoms with Crippen molar-refractivity contribution >= 4 is 16.7 Å². The van der Waals surface area contributed by atoms with Gasteiger partial charge in [0.1, 0.15) is 0 Å². The molecule has 0 radical (unpaired) electrons. The summed E-state index contributed by atoms with van der Waals surface area (Å²) in [6, 6.07) is 7.58. The average molecular weight is 325 g/mol. The quantitative estimate of drug-likeness (QED) is 0.939. The molecule has 2 aliphatic rings. The Morgan fingerprint density at radius 1 is 1.08 bits per heavy atom. The van der Waals surface area contributed by atoms with E-state index in [-0.39, 0.29) is 11.5 Å². The van der Waals surface area contributed by atoms with Crippen LogP contribution in [0.1, 0.15) is 55.4 Å². The summed E-state index contributed by atoms with van der Waals surface area (Å²) in [7, 11) is 0. The number of fused-ring (bicyclic) bond motifs is 1. The molecule has 2 saturated carbocycles. The molecule has 0 spiro atoms. The third kappa shape index (κ3) is 2.95. The fraction of sp³-hybridized carbons (Fsp3) is 0.526. The number of amides is 1. The lowest BCUT2D eigenvalue weighted by Crippen LogP contribution is -2.38. The molecule has 1 heterocycles. The third-order valence-corrected chi connectivity index (χ3v) is 5.33. The largest absolute Gasteiger partial charge is 0.334 e. The summed E-state index contributed by atoms with van der Waals surface area (Å²) < 4.78 is 0. The minimum absolute atomic E-state index is 0.0319. The van der Waals surface area contributed by atoms with E-state index in [9.17, 15) is 9.59 Å². The lowest BCUT2D eigenvalue weighted by Gasteiger charge is -2.30. The van der Waals surface area contributed by atoms with Crippen LogP contribution in [0.15, 0.2) is 29.1 Å². The van der Waals surface area contributed by atoms with Gasteiger partial charge < -0.3 is 4.90 Å². The first-order valence-electron chi connectivity index (χ1n) is 9.02. The number of H-pyrrole nitrogens is 1. The van der Waals surface area contributed by atoms with Crippen LogP contribution in [0, 0.1) is 5.92 Å². The molecule has 5 heteroatoms. The summed E-state index contributed by atoms with van der Waals surface area (Å²) in [6.45, 7) is 0.832. The number of carbonyl (C=O) groups is 1. The van der Waals surface area contributed by atoms with Crippen LogP contribution in [0.4, 0.5) is 0 Å². The van der Waals surface area contributed by atoms with Crippen LogP contribution in [0.5, 0.6) is 0 Å². The number of rotatable bonds is 4. The predicted molar refractivity (Wildman–Crippen MR) is 93.0 cm³/mol. The lowest BCUT2D eigenvalue weighted by atomic mass is 9.89. The molecule has 0 unspecified atom stereocenters. The maximum atomic E-state index is 13.2. The van der Waals surface area contributed by atoms with Crippen molar-refractivity contribution in [3.8, 4) is 0 Å². The van der Waals surface area contributed by atoms with Crippen molar-refractivity contribution in [3.05, 3.63) is 40.3 Å². The molecule has 2 fully saturated rings. The van der Waals surface area contributed by atoms with Crippen LogP contribution < -0.4 is 5.56 Å². The van der Waals surface area contributed by atoms with Crippen LogP contribution in [0.25, 0.3) is 10.8 Å². The number of benzene rings is 1. The molecule has 0 bridgehead atoms. The monoisotopic (exact) mass is 325 g/mol. The van der Waals surface area contributed by atoms with Gasteiger partial charge in [0.2, 0.25) is 0 Å². The molecule has 2 aromatic rings.